The van der Waals surface area contributed by atoms with Gasteiger partial charge in [-0.3, -0.25) is 10.1 Å². The number of halogens is 2. The van der Waals surface area contributed by atoms with E-state index in [9.17, 15) is 14.5 Å². The number of hydrogen-bond acceptors (Lipinski definition) is 3. The van der Waals surface area contributed by atoms with Crippen molar-refractivity contribution in [1.29, 1.82) is 0 Å². The summed E-state index contributed by atoms with van der Waals surface area (Å²) in [5.41, 5.74) is 5.72. The van der Waals surface area contributed by atoms with E-state index in [1.54, 1.807) is 0 Å². The molecule has 0 saturated heterocycles. The van der Waals surface area contributed by atoms with Crippen LogP contribution in [0.15, 0.2) is 18.2 Å². The summed E-state index contributed by atoms with van der Waals surface area (Å²) in [6.45, 7) is 5.64. The van der Waals surface area contributed by atoms with Gasteiger partial charge in [0.25, 0.3) is 5.69 Å². The van der Waals surface area contributed by atoms with Gasteiger partial charge < -0.3 is 5.73 Å². The highest BCUT2D eigenvalue weighted by Crippen LogP contribution is 2.35. The molecule has 1 rings (SSSR count). The molecule has 0 heterocycles. The van der Waals surface area contributed by atoms with Crippen LogP contribution in [0.3, 0.4) is 0 Å². The van der Waals surface area contributed by atoms with Gasteiger partial charge in [-0.1, -0.05) is 20.8 Å². The molecule has 0 spiro atoms. The van der Waals surface area contributed by atoms with E-state index < -0.39 is 16.8 Å². The van der Waals surface area contributed by atoms with Crippen LogP contribution >= 0.6 is 12.4 Å². The molecular weight excluding hydrogens is 247 g/mol. The van der Waals surface area contributed by atoms with Crippen LogP contribution in [-0.2, 0) is 0 Å². The van der Waals surface area contributed by atoms with E-state index >= 15 is 0 Å². The number of benzene rings is 1. The highest BCUT2D eigenvalue weighted by Gasteiger charge is 2.28. The molecule has 96 valence electrons. The Morgan fingerprint density at radius 1 is 1.41 bits per heavy atom. The molecule has 1 aromatic rings. The molecule has 0 aliphatic rings. The van der Waals surface area contributed by atoms with Gasteiger partial charge in [0.15, 0.2) is 0 Å². The maximum atomic E-state index is 12.9. The minimum absolute atomic E-state index is 0. The van der Waals surface area contributed by atoms with Gasteiger partial charge in [0, 0.05) is 11.6 Å². The van der Waals surface area contributed by atoms with Crippen LogP contribution in [0.25, 0.3) is 0 Å². The molecule has 1 atom stereocenters. The Kier molecular flexibility index (Phi) is 5.04. The van der Waals surface area contributed by atoms with E-state index in [1.165, 1.54) is 12.1 Å². The van der Waals surface area contributed by atoms with Gasteiger partial charge in [0.2, 0.25) is 0 Å². The lowest BCUT2D eigenvalue weighted by Gasteiger charge is -2.27. The molecule has 0 fully saturated rings. The Bertz CT molecular complexity index is 418. The third kappa shape index (κ3) is 3.64. The van der Waals surface area contributed by atoms with Crippen molar-refractivity contribution in [3.8, 4) is 0 Å². The zero-order chi connectivity index (χ0) is 12.5. The Hall–Kier alpha value is -1.20. The fraction of sp³-hybridized carbons (Fsp3) is 0.455. The molecule has 4 nitrogen and oxygen atoms in total. The van der Waals surface area contributed by atoms with Crippen molar-refractivity contribution in [2.45, 2.75) is 26.8 Å². The molecule has 0 aliphatic heterocycles. The van der Waals surface area contributed by atoms with Crippen LogP contribution in [0.1, 0.15) is 32.4 Å². The average Bonchev–Trinajstić information content (AvgIpc) is 2.15. The topological polar surface area (TPSA) is 69.2 Å². The molecule has 0 saturated carbocycles. The first kappa shape index (κ1) is 15.8. The number of nitrogens with two attached hydrogens (primary N) is 1. The highest BCUT2D eigenvalue weighted by atomic mass is 35.5. The van der Waals surface area contributed by atoms with Crippen LogP contribution in [0, 0.1) is 21.3 Å². The summed E-state index contributed by atoms with van der Waals surface area (Å²) in [6.07, 6.45) is 0. The van der Waals surface area contributed by atoms with Crippen molar-refractivity contribution in [2.24, 2.45) is 11.1 Å². The van der Waals surface area contributed by atoms with Crippen molar-refractivity contribution in [3.05, 3.63) is 39.7 Å². The van der Waals surface area contributed by atoms with Crippen molar-refractivity contribution in [3.63, 3.8) is 0 Å². The Morgan fingerprint density at radius 3 is 2.35 bits per heavy atom. The standard InChI is InChI=1S/C11H15FN2O2.ClH/c1-11(2,3)10(13)8-5-4-7(12)6-9(8)14(15)16;/h4-6,10H,13H2,1-3H3;1H/t10-;/m0./s1. The van der Waals surface area contributed by atoms with Crippen molar-refractivity contribution in [1.82, 2.24) is 0 Å². The van der Waals surface area contributed by atoms with E-state index in [0.29, 0.717) is 5.56 Å². The van der Waals surface area contributed by atoms with Gasteiger partial charge in [-0.15, -0.1) is 12.4 Å². The summed E-state index contributed by atoms with van der Waals surface area (Å²) in [7, 11) is 0. The van der Waals surface area contributed by atoms with Gasteiger partial charge in [0.05, 0.1) is 11.0 Å². The lowest BCUT2D eigenvalue weighted by atomic mass is 9.82. The van der Waals surface area contributed by atoms with E-state index in [0.717, 1.165) is 6.07 Å². The molecule has 0 bridgehead atoms. The zero-order valence-electron chi connectivity index (χ0n) is 9.94. The summed E-state index contributed by atoms with van der Waals surface area (Å²) in [5.74, 6) is -0.628. The maximum Gasteiger partial charge on any atom is 0.277 e. The van der Waals surface area contributed by atoms with Gasteiger partial charge >= 0.3 is 0 Å². The fourth-order valence-electron chi connectivity index (χ4n) is 1.40. The third-order valence-corrected chi connectivity index (χ3v) is 2.46. The molecule has 17 heavy (non-hydrogen) atoms. The third-order valence-electron chi connectivity index (χ3n) is 2.46. The van der Waals surface area contributed by atoms with Gasteiger partial charge in [-0.25, -0.2) is 4.39 Å². The molecular formula is C11H16ClFN2O2. The summed E-state index contributed by atoms with van der Waals surface area (Å²) >= 11 is 0. The van der Waals surface area contributed by atoms with Crippen LogP contribution in [0.2, 0.25) is 0 Å². The molecule has 0 aromatic heterocycles. The van der Waals surface area contributed by atoms with E-state index in [4.69, 9.17) is 5.73 Å². The maximum absolute atomic E-state index is 12.9. The van der Waals surface area contributed by atoms with E-state index in [2.05, 4.69) is 0 Å². The molecule has 0 unspecified atom stereocenters. The first-order chi connectivity index (χ1) is 7.23. The molecule has 0 amide bonds. The van der Waals surface area contributed by atoms with Crippen molar-refractivity contribution >= 4 is 18.1 Å². The molecule has 0 radical (unpaired) electrons. The number of nitrogens with zero attached hydrogens (tertiary/aromatic N) is 1. The zero-order valence-corrected chi connectivity index (χ0v) is 10.8. The fourth-order valence-corrected chi connectivity index (χ4v) is 1.40. The van der Waals surface area contributed by atoms with Gasteiger partial charge in [0.1, 0.15) is 5.82 Å². The van der Waals surface area contributed by atoms with Crippen LogP contribution < -0.4 is 5.73 Å². The first-order valence-electron chi connectivity index (χ1n) is 4.93. The van der Waals surface area contributed by atoms with Gasteiger partial charge in [-0.05, 0) is 17.5 Å². The first-order valence-corrected chi connectivity index (χ1v) is 4.93. The second-order valence-corrected chi connectivity index (χ2v) is 4.80. The monoisotopic (exact) mass is 262 g/mol. The second-order valence-electron chi connectivity index (χ2n) is 4.80. The van der Waals surface area contributed by atoms with Crippen molar-refractivity contribution < 1.29 is 9.31 Å². The Labute approximate surface area is 106 Å². The second kappa shape index (κ2) is 5.42. The Morgan fingerprint density at radius 2 is 1.94 bits per heavy atom. The van der Waals surface area contributed by atoms with Crippen LogP contribution in [-0.4, -0.2) is 4.92 Å². The highest BCUT2D eigenvalue weighted by molar-refractivity contribution is 5.85. The van der Waals surface area contributed by atoms with Crippen LogP contribution in [0.4, 0.5) is 10.1 Å². The van der Waals surface area contributed by atoms with Crippen molar-refractivity contribution in [2.75, 3.05) is 0 Å². The number of hydrogen-bond donors (Lipinski definition) is 1. The van der Waals surface area contributed by atoms with Crippen LogP contribution in [0.5, 0.6) is 0 Å². The minimum atomic E-state index is -0.628. The Balaban J connectivity index is 0.00000256. The number of nitro groups is 1. The quantitative estimate of drug-likeness (QED) is 0.657. The molecule has 2 N–H and O–H groups in total. The minimum Gasteiger partial charge on any atom is -0.323 e. The SMILES string of the molecule is CC(C)(C)[C@@H](N)c1ccc(F)cc1[N+](=O)[O-].Cl. The smallest absolute Gasteiger partial charge is 0.277 e. The number of nitro benzene ring substituents is 1. The summed E-state index contributed by atoms with van der Waals surface area (Å²) in [5, 5.41) is 10.8. The average molecular weight is 263 g/mol. The predicted octanol–water partition coefficient (Wildman–Crippen LogP) is 3.20. The summed E-state index contributed by atoms with van der Waals surface area (Å²) < 4.78 is 12.9. The lowest BCUT2D eigenvalue weighted by molar-refractivity contribution is -0.386. The number of rotatable bonds is 2. The van der Waals surface area contributed by atoms with E-state index in [-0.39, 0.29) is 23.5 Å². The lowest BCUT2D eigenvalue weighted by Crippen LogP contribution is -2.27. The largest absolute Gasteiger partial charge is 0.323 e. The van der Waals surface area contributed by atoms with E-state index in [1.807, 2.05) is 20.8 Å². The summed E-state index contributed by atoms with van der Waals surface area (Å²) in [4.78, 5) is 10.2. The normalized spacial score (nSPS) is 12.8. The summed E-state index contributed by atoms with van der Waals surface area (Å²) in [6, 6.07) is 2.96. The molecule has 0 aliphatic carbocycles. The van der Waals surface area contributed by atoms with Gasteiger partial charge in [-0.2, -0.15) is 0 Å². The predicted molar refractivity (Wildman–Crippen MR) is 66.7 cm³/mol. The molecule has 6 heteroatoms. The molecule has 1 aromatic carbocycles.